The van der Waals surface area contributed by atoms with Gasteiger partial charge < -0.3 is 29.2 Å². The second-order valence-corrected chi connectivity index (χ2v) is 4.79. The lowest BCUT2D eigenvalue weighted by Gasteiger charge is -2.13. The summed E-state index contributed by atoms with van der Waals surface area (Å²) in [5, 5.41) is 18.5. The largest absolute Gasteiger partial charge is 0.507 e. The fraction of sp³-hybridized carbons (Fsp3) is 0.176. The molecule has 0 aliphatic heterocycles. The average molecular weight is 348 g/mol. The van der Waals surface area contributed by atoms with Gasteiger partial charge in [0.1, 0.15) is 17.1 Å². The Hall–Kier alpha value is -3.42. The molecule has 8 nitrogen and oxygen atoms in total. The molecule has 2 rings (SSSR count). The summed E-state index contributed by atoms with van der Waals surface area (Å²) < 4.78 is 20.6. The highest BCUT2D eigenvalue weighted by Crippen LogP contribution is 2.38. The maximum atomic E-state index is 12.3. The first kappa shape index (κ1) is 17.9. The van der Waals surface area contributed by atoms with E-state index in [1.807, 2.05) is 0 Å². The van der Waals surface area contributed by atoms with Crippen molar-refractivity contribution in [3.63, 3.8) is 0 Å². The van der Waals surface area contributed by atoms with Gasteiger partial charge in [0.2, 0.25) is 5.75 Å². The van der Waals surface area contributed by atoms with Crippen LogP contribution in [0, 0.1) is 0 Å². The normalized spacial score (nSPS) is 10.0. The van der Waals surface area contributed by atoms with Gasteiger partial charge in [-0.15, -0.1) is 0 Å². The van der Waals surface area contributed by atoms with Crippen LogP contribution in [0.1, 0.15) is 20.7 Å². The summed E-state index contributed by atoms with van der Waals surface area (Å²) in [4.78, 5) is 23.4. The zero-order valence-electron chi connectivity index (χ0n) is 13.7. The van der Waals surface area contributed by atoms with E-state index in [9.17, 15) is 14.7 Å². The number of carbonyl (C=O) groups excluding carboxylic acids is 1. The predicted octanol–water partition coefficient (Wildman–Crippen LogP) is 2.34. The third kappa shape index (κ3) is 3.74. The number of ether oxygens (including phenoxy) is 4. The molecule has 0 aliphatic carbocycles. The molecule has 25 heavy (non-hydrogen) atoms. The third-order valence-corrected chi connectivity index (χ3v) is 3.31. The van der Waals surface area contributed by atoms with Crippen LogP contribution in [0.2, 0.25) is 0 Å². The average Bonchev–Trinajstić information content (AvgIpc) is 2.61. The maximum Gasteiger partial charge on any atom is 0.343 e. The molecular formula is C17H16O8. The van der Waals surface area contributed by atoms with Gasteiger partial charge in [-0.2, -0.15) is 0 Å². The zero-order valence-corrected chi connectivity index (χ0v) is 13.7. The molecule has 0 heterocycles. The Kier molecular flexibility index (Phi) is 5.33. The van der Waals surface area contributed by atoms with Gasteiger partial charge in [0, 0.05) is 0 Å². The lowest BCUT2D eigenvalue weighted by Crippen LogP contribution is -2.10. The number of carboxylic acid groups (broad SMARTS) is 1. The number of carbonyl (C=O) groups is 2. The van der Waals surface area contributed by atoms with Crippen LogP contribution in [0.5, 0.6) is 28.7 Å². The standard InChI is InChI=1S/C17H16O8/c1-22-13-6-9(7-14(23-2)15(13)24-3)17(21)25-10-4-5-12(18)11(8-10)16(19)20/h4-8,18H,1-3H3,(H,19,20). The van der Waals surface area contributed by atoms with Crippen molar-refractivity contribution in [3.8, 4) is 28.7 Å². The number of benzene rings is 2. The minimum Gasteiger partial charge on any atom is -0.507 e. The summed E-state index contributed by atoms with van der Waals surface area (Å²) in [5.74, 6) is -1.71. The smallest absolute Gasteiger partial charge is 0.343 e. The monoisotopic (exact) mass is 348 g/mol. The lowest BCUT2D eigenvalue weighted by atomic mass is 10.1. The molecule has 132 valence electrons. The Morgan fingerprint density at radius 3 is 2.00 bits per heavy atom. The summed E-state index contributed by atoms with van der Waals surface area (Å²) >= 11 is 0. The molecule has 0 saturated heterocycles. The topological polar surface area (TPSA) is 112 Å². The highest BCUT2D eigenvalue weighted by atomic mass is 16.5. The number of methoxy groups -OCH3 is 3. The highest BCUT2D eigenvalue weighted by molar-refractivity contribution is 5.94. The molecule has 0 saturated carbocycles. The summed E-state index contributed by atoms with van der Waals surface area (Å²) in [6.07, 6.45) is 0. The fourth-order valence-electron chi connectivity index (χ4n) is 2.11. The molecule has 0 aliphatic rings. The number of aromatic hydroxyl groups is 1. The Balaban J connectivity index is 2.35. The van der Waals surface area contributed by atoms with Crippen molar-refractivity contribution in [1.29, 1.82) is 0 Å². The highest BCUT2D eigenvalue weighted by Gasteiger charge is 2.19. The van der Waals surface area contributed by atoms with Crippen LogP contribution in [0.15, 0.2) is 30.3 Å². The Labute approximate surface area is 143 Å². The van der Waals surface area contributed by atoms with E-state index in [0.29, 0.717) is 5.75 Å². The second-order valence-electron chi connectivity index (χ2n) is 4.79. The van der Waals surface area contributed by atoms with Crippen LogP contribution in [-0.4, -0.2) is 43.5 Å². The summed E-state index contributed by atoms with van der Waals surface area (Å²) in [5.41, 5.74) is -0.269. The molecule has 8 heteroatoms. The first-order valence-corrected chi connectivity index (χ1v) is 6.99. The van der Waals surface area contributed by atoms with Crippen LogP contribution < -0.4 is 18.9 Å². The van der Waals surface area contributed by atoms with Crippen molar-refractivity contribution in [2.75, 3.05) is 21.3 Å². The molecule has 2 aromatic carbocycles. The minimum atomic E-state index is -1.34. The van der Waals surface area contributed by atoms with Crippen LogP contribution >= 0.6 is 0 Å². The second kappa shape index (κ2) is 7.43. The van der Waals surface area contributed by atoms with Gasteiger partial charge in [0.25, 0.3) is 0 Å². The van der Waals surface area contributed by atoms with Gasteiger partial charge in [-0.1, -0.05) is 0 Å². The van der Waals surface area contributed by atoms with E-state index in [4.69, 9.17) is 24.1 Å². The number of rotatable bonds is 6. The zero-order chi connectivity index (χ0) is 18.6. The van der Waals surface area contributed by atoms with E-state index in [-0.39, 0.29) is 28.4 Å². The van der Waals surface area contributed by atoms with Gasteiger partial charge in [-0.05, 0) is 30.3 Å². The lowest BCUT2D eigenvalue weighted by molar-refractivity contribution is 0.0684. The van der Waals surface area contributed by atoms with Crippen molar-refractivity contribution in [3.05, 3.63) is 41.5 Å². The van der Waals surface area contributed by atoms with Gasteiger partial charge >= 0.3 is 11.9 Å². The molecule has 0 aromatic heterocycles. The van der Waals surface area contributed by atoms with Crippen LogP contribution in [-0.2, 0) is 0 Å². The van der Waals surface area contributed by atoms with Crippen molar-refractivity contribution in [1.82, 2.24) is 0 Å². The molecule has 0 unspecified atom stereocenters. The van der Waals surface area contributed by atoms with Gasteiger partial charge in [-0.3, -0.25) is 0 Å². The van der Waals surface area contributed by atoms with Crippen molar-refractivity contribution < 1.29 is 38.7 Å². The molecule has 0 fully saturated rings. The molecule has 0 bridgehead atoms. The molecule has 0 spiro atoms. The summed E-state index contributed by atoms with van der Waals surface area (Å²) in [7, 11) is 4.25. The van der Waals surface area contributed by atoms with E-state index in [1.165, 1.54) is 39.5 Å². The fourth-order valence-corrected chi connectivity index (χ4v) is 2.11. The number of carboxylic acids is 1. The Morgan fingerprint density at radius 2 is 1.52 bits per heavy atom. The minimum absolute atomic E-state index is 0.0334. The van der Waals surface area contributed by atoms with Crippen molar-refractivity contribution >= 4 is 11.9 Å². The third-order valence-electron chi connectivity index (χ3n) is 3.31. The van der Waals surface area contributed by atoms with E-state index < -0.39 is 17.7 Å². The number of esters is 1. The molecule has 0 radical (unpaired) electrons. The van der Waals surface area contributed by atoms with E-state index in [2.05, 4.69) is 0 Å². The number of hydrogen-bond donors (Lipinski definition) is 2. The summed E-state index contributed by atoms with van der Waals surface area (Å²) in [6, 6.07) is 6.26. The number of aromatic carboxylic acids is 1. The molecule has 0 amide bonds. The van der Waals surface area contributed by atoms with Gasteiger partial charge in [0.05, 0.1) is 26.9 Å². The summed E-state index contributed by atoms with van der Waals surface area (Å²) in [6.45, 7) is 0. The van der Waals surface area contributed by atoms with E-state index in [0.717, 1.165) is 12.1 Å². The van der Waals surface area contributed by atoms with Crippen LogP contribution in [0.3, 0.4) is 0 Å². The predicted molar refractivity (Wildman–Crippen MR) is 86.1 cm³/mol. The Bertz CT molecular complexity index is 787. The molecular weight excluding hydrogens is 332 g/mol. The Morgan fingerprint density at radius 1 is 0.920 bits per heavy atom. The molecule has 2 N–H and O–H groups in total. The number of phenols is 1. The molecule has 2 aromatic rings. The number of hydrogen-bond acceptors (Lipinski definition) is 7. The van der Waals surface area contributed by atoms with E-state index >= 15 is 0 Å². The maximum absolute atomic E-state index is 12.3. The first-order chi connectivity index (χ1) is 11.9. The van der Waals surface area contributed by atoms with Crippen molar-refractivity contribution in [2.45, 2.75) is 0 Å². The van der Waals surface area contributed by atoms with Crippen LogP contribution in [0.4, 0.5) is 0 Å². The first-order valence-electron chi connectivity index (χ1n) is 6.99. The quantitative estimate of drug-likeness (QED) is 0.604. The van der Waals surface area contributed by atoms with Crippen LogP contribution in [0.25, 0.3) is 0 Å². The van der Waals surface area contributed by atoms with Gasteiger partial charge in [-0.25, -0.2) is 9.59 Å². The van der Waals surface area contributed by atoms with Crippen molar-refractivity contribution in [2.24, 2.45) is 0 Å². The van der Waals surface area contributed by atoms with E-state index in [1.54, 1.807) is 0 Å². The SMILES string of the molecule is COc1cc(C(=O)Oc2ccc(O)c(C(=O)O)c2)cc(OC)c1OC. The van der Waals surface area contributed by atoms with Gasteiger partial charge in [0.15, 0.2) is 11.5 Å². The molecule has 0 atom stereocenters.